The molecule has 2 aromatic rings. The van der Waals surface area contributed by atoms with Crippen molar-refractivity contribution in [2.24, 2.45) is 17.8 Å². The van der Waals surface area contributed by atoms with E-state index in [0.717, 1.165) is 17.4 Å². The van der Waals surface area contributed by atoms with E-state index in [0.29, 0.717) is 17.9 Å². The zero-order valence-electron chi connectivity index (χ0n) is 17.0. The van der Waals surface area contributed by atoms with Gasteiger partial charge in [0.25, 0.3) is 5.91 Å². The Bertz CT molecular complexity index is 899. The van der Waals surface area contributed by atoms with Crippen molar-refractivity contribution in [3.8, 4) is 0 Å². The zero-order chi connectivity index (χ0) is 19.5. The van der Waals surface area contributed by atoms with Crippen molar-refractivity contribution in [1.29, 1.82) is 0 Å². The van der Waals surface area contributed by atoms with Crippen LogP contribution in [0.1, 0.15) is 73.5 Å². The predicted octanol–water partition coefficient (Wildman–Crippen LogP) is 5.51. The summed E-state index contributed by atoms with van der Waals surface area (Å²) in [5.74, 6) is 2.80. The molecule has 2 aromatic carbocycles. The zero-order valence-corrected chi connectivity index (χ0v) is 17.0. The SMILES string of the molecule is CC(C)(C)NC(=O)c1ccc2c(c1)[C@H]1[C@@H]3CC[C@@H](C3)[C@@H]1[C@H](c1ccccc1)N2. The third-order valence-corrected chi connectivity index (χ3v) is 7.00. The Balaban J connectivity index is 1.54. The average molecular weight is 375 g/mol. The minimum atomic E-state index is -0.224. The molecule has 2 N–H and O–H groups in total. The molecule has 0 spiro atoms. The minimum absolute atomic E-state index is 0.0280. The summed E-state index contributed by atoms with van der Waals surface area (Å²) < 4.78 is 0. The third kappa shape index (κ3) is 2.92. The summed E-state index contributed by atoms with van der Waals surface area (Å²) >= 11 is 0. The van der Waals surface area contributed by atoms with Crippen LogP contribution in [0.4, 0.5) is 5.69 Å². The number of anilines is 1. The van der Waals surface area contributed by atoms with Gasteiger partial charge in [-0.15, -0.1) is 0 Å². The van der Waals surface area contributed by atoms with Gasteiger partial charge in [0.15, 0.2) is 0 Å². The van der Waals surface area contributed by atoms with E-state index in [9.17, 15) is 4.79 Å². The monoisotopic (exact) mass is 374 g/mol. The Morgan fingerprint density at radius 2 is 1.79 bits per heavy atom. The highest BCUT2D eigenvalue weighted by Gasteiger charge is 2.53. The van der Waals surface area contributed by atoms with Crippen LogP contribution in [0.25, 0.3) is 0 Å². The molecule has 3 nitrogen and oxygen atoms in total. The van der Waals surface area contributed by atoms with Crippen molar-refractivity contribution in [2.75, 3.05) is 5.32 Å². The highest BCUT2D eigenvalue weighted by molar-refractivity contribution is 5.95. The largest absolute Gasteiger partial charge is 0.378 e. The summed E-state index contributed by atoms with van der Waals surface area (Å²) in [6.07, 6.45) is 4.04. The summed E-state index contributed by atoms with van der Waals surface area (Å²) in [5.41, 5.74) is 4.54. The first-order valence-corrected chi connectivity index (χ1v) is 10.7. The first-order valence-electron chi connectivity index (χ1n) is 10.7. The maximum absolute atomic E-state index is 12.8. The number of amides is 1. The lowest BCUT2D eigenvalue weighted by atomic mass is 9.68. The minimum Gasteiger partial charge on any atom is -0.378 e. The molecule has 0 unspecified atom stereocenters. The second-order valence-electron chi connectivity index (χ2n) is 9.98. The molecule has 5 rings (SSSR count). The van der Waals surface area contributed by atoms with Gasteiger partial charge in [0.2, 0.25) is 0 Å². The van der Waals surface area contributed by atoms with Crippen molar-refractivity contribution in [3.63, 3.8) is 0 Å². The van der Waals surface area contributed by atoms with Gasteiger partial charge >= 0.3 is 0 Å². The normalized spacial score (nSPS) is 30.3. The highest BCUT2D eigenvalue weighted by atomic mass is 16.1. The molecule has 0 aromatic heterocycles. The molecule has 0 saturated heterocycles. The van der Waals surface area contributed by atoms with Gasteiger partial charge in [-0.25, -0.2) is 0 Å². The second kappa shape index (κ2) is 6.37. The summed E-state index contributed by atoms with van der Waals surface area (Å²) in [7, 11) is 0. The summed E-state index contributed by atoms with van der Waals surface area (Å²) in [6, 6.07) is 17.6. The van der Waals surface area contributed by atoms with Gasteiger partial charge < -0.3 is 10.6 Å². The molecular weight excluding hydrogens is 344 g/mol. The highest BCUT2D eigenvalue weighted by Crippen LogP contribution is 2.63. The van der Waals surface area contributed by atoms with E-state index in [1.165, 1.54) is 36.1 Å². The molecule has 146 valence electrons. The van der Waals surface area contributed by atoms with Crippen LogP contribution in [0, 0.1) is 17.8 Å². The maximum Gasteiger partial charge on any atom is 0.251 e. The molecule has 28 heavy (non-hydrogen) atoms. The number of hydrogen-bond acceptors (Lipinski definition) is 2. The number of benzene rings is 2. The molecule has 2 bridgehead atoms. The van der Waals surface area contributed by atoms with Crippen molar-refractivity contribution in [2.45, 2.75) is 57.5 Å². The maximum atomic E-state index is 12.8. The lowest BCUT2D eigenvalue weighted by molar-refractivity contribution is 0.0919. The van der Waals surface area contributed by atoms with Crippen LogP contribution in [0.2, 0.25) is 0 Å². The van der Waals surface area contributed by atoms with Crippen LogP contribution in [0.3, 0.4) is 0 Å². The Morgan fingerprint density at radius 1 is 1.04 bits per heavy atom. The first-order chi connectivity index (χ1) is 13.4. The predicted molar refractivity (Wildman–Crippen MR) is 114 cm³/mol. The Labute approximate surface area is 167 Å². The Kier molecular flexibility index (Phi) is 4.04. The number of carbonyl (C=O) groups is 1. The van der Waals surface area contributed by atoms with Crippen molar-refractivity contribution in [3.05, 3.63) is 65.2 Å². The number of rotatable bonds is 2. The first kappa shape index (κ1) is 17.8. The fourth-order valence-electron chi connectivity index (χ4n) is 6.03. The van der Waals surface area contributed by atoms with Gasteiger partial charge in [0.05, 0.1) is 6.04 Å². The lowest BCUT2D eigenvalue weighted by Crippen LogP contribution is -2.41. The smallest absolute Gasteiger partial charge is 0.251 e. The fourth-order valence-corrected chi connectivity index (χ4v) is 6.03. The van der Waals surface area contributed by atoms with Gasteiger partial charge in [0, 0.05) is 16.8 Å². The second-order valence-corrected chi connectivity index (χ2v) is 9.98. The average Bonchev–Trinajstić information content (AvgIpc) is 3.29. The van der Waals surface area contributed by atoms with E-state index < -0.39 is 0 Å². The topological polar surface area (TPSA) is 41.1 Å². The molecule has 3 heteroatoms. The molecule has 2 aliphatic carbocycles. The molecule has 5 atom stereocenters. The molecule has 2 saturated carbocycles. The summed E-state index contributed by atoms with van der Waals surface area (Å²) in [5, 5.41) is 6.96. The van der Waals surface area contributed by atoms with E-state index in [2.05, 4.69) is 53.1 Å². The van der Waals surface area contributed by atoms with Crippen LogP contribution in [0.5, 0.6) is 0 Å². The molecular formula is C25H30N2O. The molecule has 0 radical (unpaired) electrons. The van der Waals surface area contributed by atoms with Crippen LogP contribution < -0.4 is 10.6 Å². The van der Waals surface area contributed by atoms with E-state index >= 15 is 0 Å². The van der Waals surface area contributed by atoms with Crippen molar-refractivity contribution < 1.29 is 4.79 Å². The van der Waals surface area contributed by atoms with Gasteiger partial charge in [0.1, 0.15) is 0 Å². The van der Waals surface area contributed by atoms with Gasteiger partial charge in [-0.2, -0.15) is 0 Å². The molecule has 3 aliphatic rings. The van der Waals surface area contributed by atoms with Crippen LogP contribution in [-0.4, -0.2) is 11.4 Å². The summed E-state index contributed by atoms with van der Waals surface area (Å²) in [4.78, 5) is 12.8. The standard InChI is InChI=1S/C25H30N2O/c1-25(2,3)27-24(28)18-11-12-20-19(14-18)21-16-9-10-17(13-16)22(21)23(26-20)15-7-5-4-6-8-15/h4-8,11-12,14,16-17,21-23,26H,9-10,13H2,1-3H3,(H,27,28)/t16-,17+,21-,22+,23+/m1/s1. The van der Waals surface area contributed by atoms with Gasteiger partial charge in [-0.3, -0.25) is 4.79 Å². The number of nitrogens with one attached hydrogen (secondary N) is 2. The van der Waals surface area contributed by atoms with E-state index in [-0.39, 0.29) is 11.4 Å². The Morgan fingerprint density at radius 3 is 2.54 bits per heavy atom. The lowest BCUT2D eigenvalue weighted by Gasteiger charge is -2.43. The number of hydrogen-bond donors (Lipinski definition) is 2. The van der Waals surface area contributed by atoms with E-state index in [4.69, 9.17) is 0 Å². The number of carbonyl (C=O) groups excluding carboxylic acids is 1. The molecule has 1 amide bonds. The summed E-state index contributed by atoms with van der Waals surface area (Å²) in [6.45, 7) is 6.09. The van der Waals surface area contributed by atoms with E-state index in [1.807, 2.05) is 26.8 Å². The number of fused-ring (bicyclic) bond motifs is 7. The van der Waals surface area contributed by atoms with Gasteiger partial charge in [-0.05, 0) is 93.0 Å². The Hall–Kier alpha value is -2.29. The molecule has 1 aliphatic heterocycles. The molecule has 2 fully saturated rings. The van der Waals surface area contributed by atoms with Crippen LogP contribution >= 0.6 is 0 Å². The van der Waals surface area contributed by atoms with Gasteiger partial charge in [-0.1, -0.05) is 30.3 Å². The van der Waals surface area contributed by atoms with E-state index in [1.54, 1.807) is 0 Å². The quantitative estimate of drug-likeness (QED) is 0.727. The van der Waals surface area contributed by atoms with Crippen molar-refractivity contribution in [1.82, 2.24) is 5.32 Å². The third-order valence-electron chi connectivity index (χ3n) is 7.00. The molecule has 1 heterocycles. The van der Waals surface area contributed by atoms with Crippen molar-refractivity contribution >= 4 is 11.6 Å². The van der Waals surface area contributed by atoms with Crippen LogP contribution in [0.15, 0.2) is 48.5 Å². The fraction of sp³-hybridized carbons (Fsp3) is 0.480. The van der Waals surface area contributed by atoms with Crippen LogP contribution in [-0.2, 0) is 0 Å².